The highest BCUT2D eigenvalue weighted by atomic mass is 32.1. The molecule has 0 spiro atoms. The number of nitriles is 1. The van der Waals surface area contributed by atoms with Crippen LogP contribution in [0.15, 0.2) is 5.38 Å². The van der Waals surface area contributed by atoms with Crippen molar-refractivity contribution in [3.63, 3.8) is 0 Å². The fourth-order valence-electron chi connectivity index (χ4n) is 1.31. The summed E-state index contributed by atoms with van der Waals surface area (Å²) in [5, 5.41) is 15.2. The molecule has 0 aliphatic heterocycles. The summed E-state index contributed by atoms with van der Waals surface area (Å²) in [7, 11) is 0. The van der Waals surface area contributed by atoms with Gasteiger partial charge in [0.2, 0.25) is 0 Å². The van der Waals surface area contributed by atoms with Crippen molar-refractivity contribution in [2.75, 3.05) is 0 Å². The molecule has 0 amide bonds. The summed E-state index contributed by atoms with van der Waals surface area (Å²) in [6.45, 7) is 4.98. The van der Waals surface area contributed by atoms with Crippen molar-refractivity contribution in [1.82, 2.24) is 10.3 Å². The molecule has 82 valence electrons. The van der Waals surface area contributed by atoms with Gasteiger partial charge in [0.05, 0.1) is 23.2 Å². The maximum Gasteiger partial charge on any atom is 0.0926 e. The van der Waals surface area contributed by atoms with Crippen molar-refractivity contribution in [2.24, 2.45) is 0 Å². The van der Waals surface area contributed by atoms with Gasteiger partial charge >= 0.3 is 0 Å². The standard InChI is InChI=1S/C11H17N3S/c1-3-9(5-6-12)13-7-10-8-15-11(4-2)14-10/h8-9,13H,3-5,7H2,1-2H3. The van der Waals surface area contributed by atoms with E-state index in [-0.39, 0.29) is 0 Å². The highest BCUT2D eigenvalue weighted by Gasteiger charge is 2.06. The highest BCUT2D eigenvalue weighted by Crippen LogP contribution is 2.10. The number of aromatic nitrogens is 1. The first-order valence-corrected chi connectivity index (χ1v) is 6.21. The van der Waals surface area contributed by atoms with Gasteiger partial charge in [-0.25, -0.2) is 4.98 Å². The van der Waals surface area contributed by atoms with Crippen LogP contribution in [-0.2, 0) is 13.0 Å². The minimum Gasteiger partial charge on any atom is -0.307 e. The smallest absolute Gasteiger partial charge is 0.0926 e. The molecule has 1 aromatic rings. The number of thiazole rings is 1. The highest BCUT2D eigenvalue weighted by molar-refractivity contribution is 7.09. The molecule has 0 aromatic carbocycles. The fraction of sp³-hybridized carbons (Fsp3) is 0.636. The van der Waals surface area contributed by atoms with Gasteiger partial charge in [-0.2, -0.15) is 5.26 Å². The van der Waals surface area contributed by atoms with Gasteiger partial charge in [0, 0.05) is 18.0 Å². The van der Waals surface area contributed by atoms with Crippen LogP contribution in [0, 0.1) is 11.3 Å². The zero-order valence-corrected chi connectivity index (χ0v) is 10.1. The van der Waals surface area contributed by atoms with Crippen LogP contribution >= 0.6 is 11.3 Å². The van der Waals surface area contributed by atoms with E-state index in [1.54, 1.807) is 11.3 Å². The normalized spacial score (nSPS) is 12.3. The third kappa shape index (κ3) is 3.98. The molecule has 15 heavy (non-hydrogen) atoms. The maximum atomic E-state index is 8.60. The van der Waals surface area contributed by atoms with Crippen LogP contribution in [0.1, 0.15) is 37.4 Å². The molecule has 1 aromatic heterocycles. The Bertz CT molecular complexity index is 327. The van der Waals surface area contributed by atoms with E-state index in [4.69, 9.17) is 5.26 Å². The molecule has 3 nitrogen and oxygen atoms in total. The van der Waals surface area contributed by atoms with Crippen LogP contribution in [-0.4, -0.2) is 11.0 Å². The number of hydrogen-bond donors (Lipinski definition) is 1. The van der Waals surface area contributed by atoms with Crippen LogP contribution in [0.3, 0.4) is 0 Å². The molecule has 1 rings (SSSR count). The predicted molar refractivity (Wildman–Crippen MR) is 62.6 cm³/mol. The Morgan fingerprint density at radius 2 is 2.40 bits per heavy atom. The minimum absolute atomic E-state index is 0.293. The van der Waals surface area contributed by atoms with Crippen molar-refractivity contribution in [1.29, 1.82) is 5.26 Å². The Morgan fingerprint density at radius 3 is 2.93 bits per heavy atom. The lowest BCUT2D eigenvalue weighted by Crippen LogP contribution is -2.27. The molecule has 0 saturated heterocycles. The summed E-state index contributed by atoms with van der Waals surface area (Å²) in [5.74, 6) is 0. The SMILES string of the molecule is CCc1nc(CNC(CC)CC#N)cs1. The third-order valence-corrected chi connectivity index (χ3v) is 3.35. The fourth-order valence-corrected chi connectivity index (χ4v) is 2.06. The number of nitrogens with zero attached hydrogens (tertiary/aromatic N) is 2. The lowest BCUT2D eigenvalue weighted by Gasteiger charge is -2.11. The summed E-state index contributed by atoms with van der Waals surface area (Å²) in [6, 6.07) is 2.48. The summed E-state index contributed by atoms with van der Waals surface area (Å²) in [4.78, 5) is 4.47. The van der Waals surface area contributed by atoms with Crippen LogP contribution in [0.2, 0.25) is 0 Å². The first-order valence-electron chi connectivity index (χ1n) is 5.33. The third-order valence-electron chi connectivity index (χ3n) is 2.30. The number of hydrogen-bond acceptors (Lipinski definition) is 4. The van der Waals surface area contributed by atoms with E-state index in [0.29, 0.717) is 12.5 Å². The van der Waals surface area contributed by atoms with Crippen molar-refractivity contribution < 1.29 is 0 Å². The van der Waals surface area contributed by atoms with E-state index in [0.717, 1.165) is 25.1 Å². The summed E-state index contributed by atoms with van der Waals surface area (Å²) in [6.07, 6.45) is 2.56. The van der Waals surface area contributed by atoms with E-state index in [1.165, 1.54) is 5.01 Å². The van der Waals surface area contributed by atoms with Crippen LogP contribution < -0.4 is 5.32 Å². The lowest BCUT2D eigenvalue weighted by molar-refractivity contribution is 0.501. The van der Waals surface area contributed by atoms with Crippen molar-refractivity contribution in [3.05, 3.63) is 16.1 Å². The summed E-state index contributed by atoms with van der Waals surface area (Å²) in [5.41, 5.74) is 1.09. The summed E-state index contributed by atoms with van der Waals surface area (Å²) < 4.78 is 0. The van der Waals surface area contributed by atoms with E-state index in [9.17, 15) is 0 Å². The van der Waals surface area contributed by atoms with Gasteiger partial charge in [-0.3, -0.25) is 0 Å². The molecule has 0 aliphatic rings. The zero-order chi connectivity index (χ0) is 11.1. The molecule has 1 N–H and O–H groups in total. The van der Waals surface area contributed by atoms with Gasteiger partial charge in [0.15, 0.2) is 0 Å². The summed E-state index contributed by atoms with van der Waals surface area (Å²) >= 11 is 1.71. The first kappa shape index (κ1) is 12.2. The molecule has 0 fully saturated rings. The molecule has 0 bridgehead atoms. The van der Waals surface area contributed by atoms with Gasteiger partial charge in [0.25, 0.3) is 0 Å². The lowest BCUT2D eigenvalue weighted by atomic mass is 10.1. The largest absolute Gasteiger partial charge is 0.307 e. The molecule has 1 atom stereocenters. The van der Waals surface area contributed by atoms with Gasteiger partial charge < -0.3 is 5.32 Å². The van der Waals surface area contributed by atoms with E-state index in [2.05, 4.69) is 35.6 Å². The van der Waals surface area contributed by atoms with E-state index >= 15 is 0 Å². The van der Waals surface area contributed by atoms with Crippen LogP contribution in [0.5, 0.6) is 0 Å². The Labute approximate surface area is 95.2 Å². The van der Waals surface area contributed by atoms with E-state index < -0.39 is 0 Å². The molecule has 1 heterocycles. The molecule has 4 heteroatoms. The number of aryl methyl sites for hydroxylation is 1. The molecule has 0 radical (unpaired) electrons. The second-order valence-electron chi connectivity index (χ2n) is 3.43. The maximum absolute atomic E-state index is 8.60. The Hall–Kier alpha value is -0.920. The molecular formula is C11H17N3S. The Balaban J connectivity index is 2.38. The van der Waals surface area contributed by atoms with Crippen LogP contribution in [0.4, 0.5) is 0 Å². The average molecular weight is 223 g/mol. The van der Waals surface area contributed by atoms with Crippen LogP contribution in [0.25, 0.3) is 0 Å². The topological polar surface area (TPSA) is 48.7 Å². The first-order chi connectivity index (χ1) is 7.30. The monoisotopic (exact) mass is 223 g/mol. The van der Waals surface area contributed by atoms with Crippen molar-refractivity contribution in [3.8, 4) is 6.07 Å². The predicted octanol–water partition coefficient (Wildman–Crippen LogP) is 2.49. The van der Waals surface area contributed by atoms with Gasteiger partial charge in [-0.15, -0.1) is 11.3 Å². The van der Waals surface area contributed by atoms with Gasteiger partial charge in [0.1, 0.15) is 0 Å². The second-order valence-corrected chi connectivity index (χ2v) is 4.38. The second kappa shape index (κ2) is 6.54. The van der Waals surface area contributed by atoms with E-state index in [1.807, 2.05) is 0 Å². The molecule has 0 saturated carbocycles. The molecule has 1 unspecified atom stereocenters. The molecular weight excluding hydrogens is 206 g/mol. The number of rotatable bonds is 6. The quantitative estimate of drug-likeness (QED) is 0.806. The Morgan fingerprint density at radius 1 is 1.60 bits per heavy atom. The number of nitrogens with one attached hydrogen (secondary N) is 1. The van der Waals surface area contributed by atoms with Crippen molar-refractivity contribution >= 4 is 11.3 Å². The van der Waals surface area contributed by atoms with Gasteiger partial charge in [-0.05, 0) is 12.8 Å². The van der Waals surface area contributed by atoms with Crippen molar-refractivity contribution in [2.45, 2.75) is 45.7 Å². The van der Waals surface area contributed by atoms with Gasteiger partial charge in [-0.1, -0.05) is 13.8 Å². The zero-order valence-electron chi connectivity index (χ0n) is 9.29. The average Bonchev–Trinajstić information content (AvgIpc) is 2.72. The minimum atomic E-state index is 0.293. The molecule has 0 aliphatic carbocycles. The Kier molecular flexibility index (Phi) is 5.30.